The van der Waals surface area contributed by atoms with Crippen LogP contribution in [-0.2, 0) is 19.1 Å². The van der Waals surface area contributed by atoms with Crippen molar-refractivity contribution < 1.29 is 29.0 Å². The number of esters is 1. The Labute approximate surface area is 171 Å². The van der Waals surface area contributed by atoms with Crippen molar-refractivity contribution in [2.45, 2.75) is 65.1 Å². The minimum atomic E-state index is -1.08. The lowest BCUT2D eigenvalue weighted by molar-refractivity contribution is -0.151. The lowest BCUT2D eigenvalue weighted by atomic mass is 9.80. The Balaban J connectivity index is 3.30. The number of nitrogens with one attached hydrogen (secondary N) is 2. The van der Waals surface area contributed by atoms with Gasteiger partial charge in [-0.1, -0.05) is 26.7 Å². The zero-order chi connectivity index (χ0) is 22.1. The molecule has 10 heteroatoms. The van der Waals surface area contributed by atoms with Crippen molar-refractivity contribution in [3.8, 4) is 0 Å². The summed E-state index contributed by atoms with van der Waals surface area (Å²) in [6.07, 6.45) is -0.139. The fraction of sp³-hybridized carbons (Fsp3) is 0.789. The highest BCUT2D eigenvalue weighted by Crippen LogP contribution is 2.40. The predicted molar refractivity (Wildman–Crippen MR) is 107 cm³/mol. The molecule has 1 aliphatic carbocycles. The lowest BCUT2D eigenvalue weighted by Gasteiger charge is -2.35. The first-order chi connectivity index (χ1) is 13.7. The van der Waals surface area contributed by atoms with Gasteiger partial charge in [0.05, 0.1) is 31.8 Å². The number of aliphatic hydroxyl groups excluding tert-OH is 1. The number of guanidine groups is 1. The summed E-state index contributed by atoms with van der Waals surface area (Å²) in [6.45, 7) is 7.28. The Morgan fingerprint density at radius 3 is 2.34 bits per heavy atom. The molecule has 5 atom stereocenters. The van der Waals surface area contributed by atoms with Crippen molar-refractivity contribution in [2.24, 2.45) is 28.5 Å². The molecule has 0 spiro atoms. The number of nitrogens with zero attached hydrogens (tertiary/aromatic N) is 1. The molecule has 5 N–H and O–H groups in total. The summed E-state index contributed by atoms with van der Waals surface area (Å²) in [5.41, 5.74) is 5.81. The Morgan fingerprint density at radius 1 is 1.24 bits per heavy atom. The van der Waals surface area contributed by atoms with Crippen molar-refractivity contribution in [1.29, 1.82) is 0 Å². The van der Waals surface area contributed by atoms with E-state index in [2.05, 4.69) is 20.4 Å². The summed E-state index contributed by atoms with van der Waals surface area (Å²) in [5.74, 6) is -2.26. The second-order valence-electron chi connectivity index (χ2n) is 7.16. The average Bonchev–Trinajstić information content (AvgIpc) is 2.97. The van der Waals surface area contributed by atoms with Crippen LogP contribution in [0.1, 0.15) is 47.0 Å². The fourth-order valence-electron chi connectivity index (χ4n) is 4.05. The molecule has 10 nitrogen and oxygen atoms in total. The summed E-state index contributed by atoms with van der Waals surface area (Å²) in [6, 6.07) is -1.02. The van der Waals surface area contributed by atoms with Gasteiger partial charge in [-0.2, -0.15) is 0 Å². The van der Waals surface area contributed by atoms with Crippen molar-refractivity contribution in [1.82, 2.24) is 10.6 Å². The number of carbonyl (C=O) groups is 3. The van der Waals surface area contributed by atoms with E-state index in [-0.39, 0.29) is 30.8 Å². The number of hydrogen-bond acceptors (Lipinski definition) is 7. The fourth-order valence-corrected chi connectivity index (χ4v) is 4.05. The molecule has 0 aromatic rings. The van der Waals surface area contributed by atoms with Crippen LogP contribution in [-0.4, -0.2) is 60.9 Å². The van der Waals surface area contributed by atoms with Crippen LogP contribution in [0.15, 0.2) is 4.99 Å². The number of alkyl carbamates (subject to hydrolysis) is 1. The van der Waals surface area contributed by atoms with Crippen LogP contribution in [0.25, 0.3) is 0 Å². The molecule has 0 heterocycles. The number of hydrogen-bond donors (Lipinski definition) is 4. The monoisotopic (exact) mass is 414 g/mol. The van der Waals surface area contributed by atoms with Gasteiger partial charge in [-0.25, -0.2) is 9.79 Å². The first kappa shape index (κ1) is 24.7. The molecular weight excluding hydrogens is 380 g/mol. The predicted octanol–water partition coefficient (Wildman–Crippen LogP) is 0.527. The molecule has 1 rings (SSSR count). The van der Waals surface area contributed by atoms with Gasteiger partial charge in [-0.05, 0) is 19.3 Å². The van der Waals surface area contributed by atoms with E-state index in [4.69, 9.17) is 10.5 Å². The largest absolute Gasteiger partial charge is 0.466 e. The minimum absolute atomic E-state index is 0.0620. The maximum Gasteiger partial charge on any atom is 0.413 e. The molecule has 29 heavy (non-hydrogen) atoms. The van der Waals surface area contributed by atoms with E-state index >= 15 is 0 Å². The standard InChI is InChI=1S/C19H34N4O6/c1-6-11(7-2)15(21-10(4)24)14-13(22-18(20)23-19(27)28-5)9-12(16(14)25)17(26)29-8-3/h11-16,25H,6-9H2,1-5H3,(H,21,24)(H3,20,22,23,27)/t12-,13+,14+,15?,16+/m0/s1. The van der Waals surface area contributed by atoms with Crippen molar-refractivity contribution >= 4 is 23.9 Å². The van der Waals surface area contributed by atoms with Gasteiger partial charge < -0.3 is 25.6 Å². The van der Waals surface area contributed by atoms with Gasteiger partial charge in [0.1, 0.15) is 0 Å². The van der Waals surface area contributed by atoms with Crippen molar-refractivity contribution in [2.75, 3.05) is 13.7 Å². The SMILES string of the molecule is CCOC(=O)[C@H]1C[C@@H](N=C(N)NC(=O)OC)[C@H](C(NC(C)=O)C(CC)CC)[C@@H]1O. The van der Waals surface area contributed by atoms with E-state index in [0.29, 0.717) is 0 Å². The maximum atomic E-state index is 12.4. The topological polar surface area (TPSA) is 152 Å². The highest BCUT2D eigenvalue weighted by atomic mass is 16.5. The molecule has 166 valence electrons. The highest BCUT2D eigenvalue weighted by molar-refractivity contribution is 5.93. The third-order valence-electron chi connectivity index (χ3n) is 5.40. The molecule has 0 aromatic carbocycles. The molecule has 0 aliphatic heterocycles. The smallest absolute Gasteiger partial charge is 0.413 e. The quantitative estimate of drug-likeness (QED) is 0.257. The molecule has 1 unspecified atom stereocenters. The number of amides is 2. The van der Waals surface area contributed by atoms with Crippen LogP contribution in [0.2, 0.25) is 0 Å². The minimum Gasteiger partial charge on any atom is -0.466 e. The van der Waals surface area contributed by atoms with Crippen LogP contribution in [0.5, 0.6) is 0 Å². The van der Waals surface area contributed by atoms with Gasteiger partial charge in [0.25, 0.3) is 0 Å². The van der Waals surface area contributed by atoms with Gasteiger partial charge in [-0.15, -0.1) is 0 Å². The number of aliphatic imine (C=N–C) groups is 1. The zero-order valence-corrected chi connectivity index (χ0v) is 17.8. The van der Waals surface area contributed by atoms with Crippen LogP contribution in [0.3, 0.4) is 0 Å². The van der Waals surface area contributed by atoms with Gasteiger partial charge >= 0.3 is 12.1 Å². The van der Waals surface area contributed by atoms with E-state index in [0.717, 1.165) is 12.8 Å². The number of aliphatic hydroxyl groups is 1. The van der Waals surface area contributed by atoms with Gasteiger partial charge in [0, 0.05) is 18.9 Å². The summed E-state index contributed by atoms with van der Waals surface area (Å²) in [5, 5.41) is 16.2. The average molecular weight is 415 g/mol. The number of carbonyl (C=O) groups excluding carboxylic acids is 3. The van der Waals surface area contributed by atoms with E-state index in [1.165, 1.54) is 14.0 Å². The number of methoxy groups -OCH3 is 1. The van der Waals surface area contributed by atoms with Crippen LogP contribution >= 0.6 is 0 Å². The first-order valence-corrected chi connectivity index (χ1v) is 9.99. The summed E-state index contributed by atoms with van der Waals surface area (Å²) >= 11 is 0. The van der Waals surface area contributed by atoms with E-state index < -0.39 is 42.1 Å². The number of rotatable bonds is 8. The molecular formula is C19H34N4O6. The summed E-state index contributed by atoms with van der Waals surface area (Å²) < 4.78 is 9.60. The van der Waals surface area contributed by atoms with Gasteiger partial charge in [-0.3, -0.25) is 14.9 Å². The number of ether oxygens (including phenoxy) is 2. The van der Waals surface area contributed by atoms with Gasteiger partial charge in [0.15, 0.2) is 5.96 Å². The van der Waals surface area contributed by atoms with Crippen LogP contribution in [0, 0.1) is 17.8 Å². The molecule has 0 saturated heterocycles. The molecule has 1 fully saturated rings. The molecule has 1 aliphatic rings. The lowest BCUT2D eigenvalue weighted by Crippen LogP contribution is -2.51. The van der Waals surface area contributed by atoms with Crippen molar-refractivity contribution in [3.63, 3.8) is 0 Å². The Hall–Kier alpha value is -2.36. The molecule has 0 radical (unpaired) electrons. The van der Waals surface area contributed by atoms with Crippen LogP contribution < -0.4 is 16.4 Å². The first-order valence-electron chi connectivity index (χ1n) is 9.99. The second kappa shape index (κ2) is 11.6. The normalized spacial score (nSPS) is 25.4. The van der Waals surface area contributed by atoms with E-state index in [1.807, 2.05) is 13.8 Å². The number of nitrogens with two attached hydrogens (primary N) is 1. The second-order valence-corrected chi connectivity index (χ2v) is 7.16. The maximum absolute atomic E-state index is 12.4. The Bertz CT molecular complexity index is 608. The zero-order valence-electron chi connectivity index (χ0n) is 17.8. The van der Waals surface area contributed by atoms with E-state index in [9.17, 15) is 19.5 Å². The molecule has 1 saturated carbocycles. The molecule has 2 amide bonds. The third-order valence-corrected chi connectivity index (χ3v) is 5.40. The molecule has 0 bridgehead atoms. The summed E-state index contributed by atoms with van der Waals surface area (Å²) in [7, 11) is 1.20. The Morgan fingerprint density at radius 2 is 1.86 bits per heavy atom. The van der Waals surface area contributed by atoms with Crippen molar-refractivity contribution in [3.05, 3.63) is 0 Å². The third kappa shape index (κ3) is 6.59. The Kier molecular flexibility index (Phi) is 9.87. The highest BCUT2D eigenvalue weighted by Gasteiger charge is 2.51. The summed E-state index contributed by atoms with van der Waals surface area (Å²) in [4.78, 5) is 40.0. The molecule has 0 aromatic heterocycles. The van der Waals surface area contributed by atoms with E-state index in [1.54, 1.807) is 6.92 Å². The van der Waals surface area contributed by atoms with Crippen LogP contribution in [0.4, 0.5) is 4.79 Å². The van der Waals surface area contributed by atoms with Gasteiger partial charge in [0.2, 0.25) is 5.91 Å².